The van der Waals surface area contributed by atoms with Gasteiger partial charge in [-0.05, 0) is 56.1 Å². The number of halogens is 2. The van der Waals surface area contributed by atoms with Gasteiger partial charge >= 0.3 is 0 Å². The molecule has 1 saturated heterocycles. The highest BCUT2D eigenvalue weighted by atomic mass is 79.9. The molecular formula is C13H18BrClN2O. The molecule has 0 aromatic heterocycles. The van der Waals surface area contributed by atoms with Crippen LogP contribution in [0.3, 0.4) is 0 Å². The first-order chi connectivity index (χ1) is 8.15. The van der Waals surface area contributed by atoms with Crippen molar-refractivity contribution >= 4 is 34.2 Å². The number of aryl methyl sites for hydroxylation is 1. The van der Waals surface area contributed by atoms with E-state index in [4.69, 9.17) is 0 Å². The Balaban J connectivity index is 0.00000162. The minimum atomic E-state index is 0. The zero-order valence-electron chi connectivity index (χ0n) is 10.3. The summed E-state index contributed by atoms with van der Waals surface area (Å²) in [5.74, 6) is 0.591. The Morgan fingerprint density at radius 2 is 2.28 bits per heavy atom. The first-order valence-electron chi connectivity index (χ1n) is 5.91. The van der Waals surface area contributed by atoms with Crippen molar-refractivity contribution < 1.29 is 4.79 Å². The zero-order valence-corrected chi connectivity index (χ0v) is 12.7. The highest BCUT2D eigenvalue weighted by Crippen LogP contribution is 2.15. The average molecular weight is 334 g/mol. The lowest BCUT2D eigenvalue weighted by atomic mass is 10.1. The minimum Gasteiger partial charge on any atom is -0.352 e. The fourth-order valence-electron chi connectivity index (χ4n) is 2.10. The van der Waals surface area contributed by atoms with Gasteiger partial charge in [0.05, 0.1) is 0 Å². The average Bonchev–Trinajstić information content (AvgIpc) is 2.77. The first kappa shape index (κ1) is 15.5. The third-order valence-corrected chi connectivity index (χ3v) is 3.48. The van der Waals surface area contributed by atoms with Gasteiger partial charge in [0.25, 0.3) is 5.91 Å². The molecule has 3 nitrogen and oxygen atoms in total. The molecule has 1 aliphatic heterocycles. The van der Waals surface area contributed by atoms with Gasteiger partial charge in [-0.2, -0.15) is 0 Å². The number of amides is 1. The van der Waals surface area contributed by atoms with Crippen molar-refractivity contribution in [2.24, 2.45) is 5.92 Å². The van der Waals surface area contributed by atoms with E-state index in [1.807, 2.05) is 25.1 Å². The van der Waals surface area contributed by atoms with Crippen molar-refractivity contribution in [2.75, 3.05) is 19.6 Å². The zero-order chi connectivity index (χ0) is 12.3. The van der Waals surface area contributed by atoms with E-state index in [1.54, 1.807) is 0 Å². The normalized spacial score (nSPS) is 18.2. The molecule has 1 aliphatic rings. The van der Waals surface area contributed by atoms with Gasteiger partial charge in [-0.15, -0.1) is 12.4 Å². The maximum Gasteiger partial charge on any atom is 0.251 e. The van der Waals surface area contributed by atoms with Crippen molar-refractivity contribution in [2.45, 2.75) is 13.3 Å². The van der Waals surface area contributed by atoms with Crippen molar-refractivity contribution in [3.05, 3.63) is 33.8 Å². The van der Waals surface area contributed by atoms with Crippen LogP contribution in [0.1, 0.15) is 22.3 Å². The molecule has 0 radical (unpaired) electrons. The molecule has 1 fully saturated rings. The lowest BCUT2D eigenvalue weighted by Crippen LogP contribution is -2.30. The van der Waals surface area contributed by atoms with Crippen LogP contribution in [0.4, 0.5) is 0 Å². The third-order valence-electron chi connectivity index (χ3n) is 3.02. The molecule has 5 heteroatoms. The van der Waals surface area contributed by atoms with E-state index in [-0.39, 0.29) is 18.3 Å². The number of hydrogen-bond acceptors (Lipinski definition) is 2. The predicted molar refractivity (Wildman–Crippen MR) is 79.4 cm³/mol. The Morgan fingerprint density at radius 1 is 1.50 bits per heavy atom. The van der Waals surface area contributed by atoms with Crippen LogP contribution in [0.15, 0.2) is 22.7 Å². The van der Waals surface area contributed by atoms with Crippen LogP contribution in [0.25, 0.3) is 0 Å². The van der Waals surface area contributed by atoms with Crippen LogP contribution in [0.2, 0.25) is 0 Å². The summed E-state index contributed by atoms with van der Waals surface area (Å²) in [4.78, 5) is 12.0. The molecule has 0 saturated carbocycles. The largest absolute Gasteiger partial charge is 0.352 e. The van der Waals surface area contributed by atoms with Crippen molar-refractivity contribution in [3.8, 4) is 0 Å². The standard InChI is InChI=1S/C13H17BrN2O.ClH/c1-9-4-11(6-12(14)5-9)13(17)16-8-10-2-3-15-7-10;/h4-6,10,15H,2-3,7-8H2,1H3,(H,16,17);1H. The molecule has 100 valence electrons. The van der Waals surface area contributed by atoms with Crippen LogP contribution in [0, 0.1) is 12.8 Å². The summed E-state index contributed by atoms with van der Waals surface area (Å²) in [5.41, 5.74) is 1.81. The van der Waals surface area contributed by atoms with E-state index >= 15 is 0 Å². The van der Waals surface area contributed by atoms with Crippen LogP contribution < -0.4 is 10.6 Å². The van der Waals surface area contributed by atoms with Crippen molar-refractivity contribution in [1.29, 1.82) is 0 Å². The van der Waals surface area contributed by atoms with Gasteiger partial charge in [0.1, 0.15) is 0 Å². The molecule has 1 amide bonds. The number of rotatable bonds is 3. The minimum absolute atomic E-state index is 0. The lowest BCUT2D eigenvalue weighted by Gasteiger charge is -2.10. The molecule has 1 heterocycles. The van der Waals surface area contributed by atoms with Gasteiger partial charge in [-0.3, -0.25) is 4.79 Å². The smallest absolute Gasteiger partial charge is 0.251 e. The summed E-state index contributed by atoms with van der Waals surface area (Å²) >= 11 is 3.41. The Morgan fingerprint density at radius 3 is 2.89 bits per heavy atom. The van der Waals surface area contributed by atoms with Crippen LogP contribution >= 0.6 is 28.3 Å². The highest BCUT2D eigenvalue weighted by Gasteiger charge is 2.15. The number of nitrogens with one attached hydrogen (secondary N) is 2. The second kappa shape index (κ2) is 7.12. The fourth-order valence-corrected chi connectivity index (χ4v) is 2.70. The molecule has 2 rings (SSSR count). The topological polar surface area (TPSA) is 41.1 Å². The maximum absolute atomic E-state index is 12.0. The van der Waals surface area contributed by atoms with Crippen molar-refractivity contribution in [1.82, 2.24) is 10.6 Å². The van der Waals surface area contributed by atoms with Crippen molar-refractivity contribution in [3.63, 3.8) is 0 Å². The van der Waals surface area contributed by atoms with Crippen LogP contribution in [0.5, 0.6) is 0 Å². The summed E-state index contributed by atoms with van der Waals surface area (Å²) < 4.78 is 0.949. The number of carbonyl (C=O) groups excluding carboxylic acids is 1. The lowest BCUT2D eigenvalue weighted by molar-refractivity contribution is 0.0948. The summed E-state index contributed by atoms with van der Waals surface area (Å²) in [7, 11) is 0. The molecule has 1 aromatic rings. The molecule has 2 N–H and O–H groups in total. The van der Waals surface area contributed by atoms with Crippen LogP contribution in [-0.4, -0.2) is 25.5 Å². The second-order valence-electron chi connectivity index (χ2n) is 4.59. The second-order valence-corrected chi connectivity index (χ2v) is 5.50. The van der Waals surface area contributed by atoms with E-state index in [0.29, 0.717) is 5.92 Å². The van der Waals surface area contributed by atoms with Gasteiger partial charge in [-0.25, -0.2) is 0 Å². The Labute approximate surface area is 122 Å². The molecular weight excluding hydrogens is 316 g/mol. The molecule has 1 atom stereocenters. The van der Waals surface area contributed by atoms with Gasteiger partial charge in [0.15, 0.2) is 0 Å². The first-order valence-corrected chi connectivity index (χ1v) is 6.70. The van der Waals surface area contributed by atoms with E-state index < -0.39 is 0 Å². The molecule has 1 unspecified atom stereocenters. The van der Waals surface area contributed by atoms with E-state index in [1.165, 1.54) is 0 Å². The van der Waals surface area contributed by atoms with Gasteiger partial charge < -0.3 is 10.6 Å². The summed E-state index contributed by atoms with van der Waals surface area (Å²) in [6.45, 7) is 4.83. The van der Waals surface area contributed by atoms with E-state index in [0.717, 1.165) is 41.7 Å². The number of hydrogen-bond donors (Lipinski definition) is 2. The molecule has 0 aliphatic carbocycles. The fraction of sp³-hybridized carbons (Fsp3) is 0.462. The summed E-state index contributed by atoms with van der Waals surface area (Å²) in [6.07, 6.45) is 1.15. The van der Waals surface area contributed by atoms with E-state index in [9.17, 15) is 4.79 Å². The number of benzene rings is 1. The number of carbonyl (C=O) groups is 1. The Kier molecular flexibility index (Phi) is 6.12. The van der Waals surface area contributed by atoms with Gasteiger partial charge in [0.2, 0.25) is 0 Å². The summed E-state index contributed by atoms with van der Waals surface area (Å²) in [6, 6.07) is 5.76. The molecule has 0 spiro atoms. The van der Waals surface area contributed by atoms with E-state index in [2.05, 4.69) is 26.6 Å². The van der Waals surface area contributed by atoms with Gasteiger partial charge in [0, 0.05) is 16.6 Å². The quantitative estimate of drug-likeness (QED) is 0.892. The maximum atomic E-state index is 12.0. The predicted octanol–water partition coefficient (Wildman–Crippen LogP) is 2.52. The summed E-state index contributed by atoms with van der Waals surface area (Å²) in [5, 5.41) is 6.29. The van der Waals surface area contributed by atoms with Gasteiger partial charge in [-0.1, -0.05) is 15.9 Å². The third kappa shape index (κ3) is 4.26. The Bertz CT molecular complexity index is 399. The molecule has 1 aromatic carbocycles. The molecule has 0 bridgehead atoms. The SMILES string of the molecule is Cc1cc(Br)cc(C(=O)NCC2CCNC2)c1.Cl. The van der Waals surface area contributed by atoms with Crippen LogP contribution in [-0.2, 0) is 0 Å². The Hall–Kier alpha value is -0.580. The molecule has 18 heavy (non-hydrogen) atoms. The highest BCUT2D eigenvalue weighted by molar-refractivity contribution is 9.10. The monoisotopic (exact) mass is 332 g/mol.